The molecular formula is C5H11N5. The highest BCUT2D eigenvalue weighted by molar-refractivity contribution is 5.46. The van der Waals surface area contributed by atoms with Crippen LogP contribution in [-0.4, -0.2) is 6.04 Å². The third-order valence-electron chi connectivity index (χ3n) is 1.58. The molecule has 1 aliphatic rings. The first kappa shape index (κ1) is 6.76. The lowest BCUT2D eigenvalue weighted by molar-refractivity contribution is 0.872. The summed E-state index contributed by atoms with van der Waals surface area (Å²) in [6.45, 7) is 0. The van der Waals surface area contributed by atoms with Gasteiger partial charge in [0.2, 0.25) is 0 Å². The molecule has 0 aromatic rings. The van der Waals surface area contributed by atoms with Crippen LogP contribution >= 0.6 is 0 Å². The highest BCUT2D eigenvalue weighted by Crippen LogP contribution is 2.17. The lowest BCUT2D eigenvalue weighted by Gasteiger charge is -2.04. The summed E-state index contributed by atoms with van der Waals surface area (Å²) in [6, 6.07) is -0.500. The molecule has 0 amide bonds. The average molecular weight is 141 g/mol. The van der Waals surface area contributed by atoms with Crippen LogP contribution in [0, 0.1) is 0 Å². The van der Waals surface area contributed by atoms with E-state index in [0.29, 0.717) is 22.8 Å². The maximum Gasteiger partial charge on any atom is 0.0888 e. The second kappa shape index (κ2) is 1.81. The highest BCUT2D eigenvalue weighted by Gasteiger charge is 2.23. The van der Waals surface area contributed by atoms with E-state index in [1.165, 1.54) is 0 Å². The molecular weight excluding hydrogens is 130 g/mol. The van der Waals surface area contributed by atoms with Crippen LogP contribution in [0.4, 0.5) is 0 Å². The molecule has 0 bridgehead atoms. The van der Waals surface area contributed by atoms with Gasteiger partial charge in [0.05, 0.1) is 28.8 Å². The molecule has 0 spiro atoms. The van der Waals surface area contributed by atoms with E-state index in [-0.39, 0.29) is 0 Å². The molecule has 5 heteroatoms. The van der Waals surface area contributed by atoms with Gasteiger partial charge >= 0.3 is 0 Å². The molecule has 0 radical (unpaired) electrons. The van der Waals surface area contributed by atoms with E-state index < -0.39 is 6.04 Å². The molecule has 1 rings (SSSR count). The molecule has 0 fully saturated rings. The molecule has 10 heavy (non-hydrogen) atoms. The Bertz CT molecular complexity index is 202. The minimum Gasteiger partial charge on any atom is -0.399 e. The van der Waals surface area contributed by atoms with Crippen LogP contribution in [0.5, 0.6) is 0 Å². The number of hydrogen-bond donors (Lipinski definition) is 5. The maximum absolute atomic E-state index is 5.48. The van der Waals surface area contributed by atoms with Crippen LogP contribution in [0.1, 0.15) is 0 Å². The topological polar surface area (TPSA) is 130 Å². The highest BCUT2D eigenvalue weighted by atomic mass is 14.9. The summed E-state index contributed by atoms with van der Waals surface area (Å²) in [5.74, 6) is 0. The third kappa shape index (κ3) is 0.608. The Morgan fingerprint density at radius 3 is 1.20 bits per heavy atom. The molecule has 5 nitrogen and oxygen atoms in total. The van der Waals surface area contributed by atoms with Crippen LogP contribution in [0.25, 0.3) is 0 Å². The maximum atomic E-state index is 5.48. The predicted molar refractivity (Wildman–Crippen MR) is 38.8 cm³/mol. The fraction of sp³-hybridized carbons (Fsp3) is 0.200. The van der Waals surface area contributed by atoms with Gasteiger partial charge < -0.3 is 28.7 Å². The Hall–Kier alpha value is -1.36. The van der Waals surface area contributed by atoms with Gasteiger partial charge in [-0.15, -0.1) is 0 Å². The van der Waals surface area contributed by atoms with Gasteiger partial charge in [-0.25, -0.2) is 0 Å². The van der Waals surface area contributed by atoms with E-state index in [0.717, 1.165) is 0 Å². The van der Waals surface area contributed by atoms with Gasteiger partial charge in [-0.05, 0) is 0 Å². The molecule has 0 aliphatic heterocycles. The van der Waals surface area contributed by atoms with Crippen molar-refractivity contribution < 1.29 is 0 Å². The van der Waals surface area contributed by atoms with E-state index in [9.17, 15) is 0 Å². The summed E-state index contributed by atoms with van der Waals surface area (Å²) < 4.78 is 0. The smallest absolute Gasteiger partial charge is 0.0888 e. The van der Waals surface area contributed by atoms with Gasteiger partial charge in [0.15, 0.2) is 0 Å². The molecule has 0 aromatic carbocycles. The summed E-state index contributed by atoms with van der Waals surface area (Å²) in [5, 5.41) is 0. The van der Waals surface area contributed by atoms with Gasteiger partial charge in [-0.3, -0.25) is 0 Å². The summed E-state index contributed by atoms with van der Waals surface area (Å²) in [6.07, 6.45) is 0. The summed E-state index contributed by atoms with van der Waals surface area (Å²) in [5.41, 5.74) is 28.5. The van der Waals surface area contributed by atoms with E-state index in [2.05, 4.69) is 0 Å². The Morgan fingerprint density at radius 2 is 1.10 bits per heavy atom. The van der Waals surface area contributed by atoms with Crippen molar-refractivity contribution in [2.24, 2.45) is 28.7 Å². The fourth-order valence-electron chi connectivity index (χ4n) is 0.814. The minimum atomic E-state index is -0.500. The van der Waals surface area contributed by atoms with Crippen molar-refractivity contribution in [2.75, 3.05) is 0 Å². The van der Waals surface area contributed by atoms with E-state index in [1.807, 2.05) is 0 Å². The zero-order chi connectivity index (χ0) is 7.89. The first-order valence-corrected chi connectivity index (χ1v) is 2.82. The van der Waals surface area contributed by atoms with Crippen molar-refractivity contribution in [1.82, 2.24) is 0 Å². The van der Waals surface area contributed by atoms with E-state index in [1.54, 1.807) is 0 Å². The largest absolute Gasteiger partial charge is 0.399 e. The lowest BCUT2D eigenvalue weighted by Crippen LogP contribution is -2.31. The Morgan fingerprint density at radius 1 is 0.800 bits per heavy atom. The van der Waals surface area contributed by atoms with Crippen LogP contribution in [0.2, 0.25) is 0 Å². The molecule has 0 heterocycles. The third-order valence-corrected chi connectivity index (χ3v) is 1.58. The fourth-order valence-corrected chi connectivity index (χ4v) is 0.814. The van der Waals surface area contributed by atoms with Crippen LogP contribution in [-0.2, 0) is 0 Å². The first-order chi connectivity index (χ1) is 4.55. The molecule has 0 atom stereocenters. The summed E-state index contributed by atoms with van der Waals surface area (Å²) in [4.78, 5) is 0. The van der Waals surface area contributed by atoms with E-state index in [4.69, 9.17) is 28.7 Å². The zero-order valence-corrected chi connectivity index (χ0v) is 5.46. The standard InChI is InChI=1S/C5H11N5/c6-1-2(7)4(9)5(10)3(1)8/h1H,6-10H2. The van der Waals surface area contributed by atoms with Crippen molar-refractivity contribution in [1.29, 1.82) is 0 Å². The van der Waals surface area contributed by atoms with Crippen LogP contribution in [0.15, 0.2) is 22.8 Å². The zero-order valence-electron chi connectivity index (χ0n) is 5.46. The SMILES string of the molecule is NC1=C(N)C(N)C(N)=C1N. The van der Waals surface area contributed by atoms with Crippen LogP contribution < -0.4 is 28.7 Å². The molecule has 0 saturated carbocycles. The minimum absolute atomic E-state index is 0.310. The quantitative estimate of drug-likeness (QED) is 0.256. The van der Waals surface area contributed by atoms with Gasteiger partial charge in [0, 0.05) is 0 Å². The number of hydrogen-bond acceptors (Lipinski definition) is 5. The summed E-state index contributed by atoms with van der Waals surface area (Å²) in [7, 11) is 0. The Kier molecular flexibility index (Phi) is 1.22. The van der Waals surface area contributed by atoms with E-state index >= 15 is 0 Å². The molecule has 56 valence electrons. The monoisotopic (exact) mass is 141 g/mol. The van der Waals surface area contributed by atoms with Gasteiger partial charge in [0.1, 0.15) is 0 Å². The predicted octanol–water partition coefficient (Wildman–Crippen LogP) is -2.41. The van der Waals surface area contributed by atoms with Gasteiger partial charge in [-0.1, -0.05) is 0 Å². The van der Waals surface area contributed by atoms with Crippen molar-refractivity contribution in [3.05, 3.63) is 22.8 Å². The molecule has 0 unspecified atom stereocenters. The molecule has 1 aliphatic carbocycles. The number of rotatable bonds is 0. The lowest BCUT2D eigenvalue weighted by atomic mass is 10.2. The van der Waals surface area contributed by atoms with Crippen molar-refractivity contribution in [3.8, 4) is 0 Å². The average Bonchev–Trinajstić information content (AvgIpc) is 2.07. The summed E-state index contributed by atoms with van der Waals surface area (Å²) >= 11 is 0. The van der Waals surface area contributed by atoms with Crippen molar-refractivity contribution >= 4 is 0 Å². The molecule has 10 N–H and O–H groups in total. The van der Waals surface area contributed by atoms with Crippen LogP contribution in [0.3, 0.4) is 0 Å². The molecule has 0 aromatic heterocycles. The second-order valence-corrected chi connectivity index (χ2v) is 2.22. The molecule has 0 saturated heterocycles. The van der Waals surface area contributed by atoms with Crippen molar-refractivity contribution in [3.63, 3.8) is 0 Å². The Balaban J connectivity index is 3.09. The van der Waals surface area contributed by atoms with Crippen molar-refractivity contribution in [2.45, 2.75) is 6.04 Å². The first-order valence-electron chi connectivity index (χ1n) is 2.82. The normalized spacial score (nSPS) is 20.9. The number of nitrogens with two attached hydrogens (primary N) is 5. The van der Waals surface area contributed by atoms with Gasteiger partial charge in [-0.2, -0.15) is 0 Å². The Labute approximate surface area is 58.5 Å². The second-order valence-electron chi connectivity index (χ2n) is 2.22. The van der Waals surface area contributed by atoms with Gasteiger partial charge in [0.25, 0.3) is 0 Å².